The predicted molar refractivity (Wildman–Crippen MR) is 98.5 cm³/mol. The number of hydrogen-bond donors (Lipinski definition) is 2. The monoisotopic (exact) mass is 498 g/mol. The van der Waals surface area contributed by atoms with Crippen LogP contribution in [0.4, 0.5) is 0 Å². The molecule has 8 heteroatoms. The summed E-state index contributed by atoms with van der Waals surface area (Å²) >= 11 is 12.4. The molecule has 0 fully saturated rings. The van der Waals surface area contributed by atoms with Gasteiger partial charge < -0.3 is 0 Å². The molecule has 0 radical (unpaired) electrons. The van der Waals surface area contributed by atoms with E-state index in [1.54, 1.807) is 11.3 Å². The minimum absolute atomic E-state index is 0.0561. The molecule has 0 saturated carbocycles. The van der Waals surface area contributed by atoms with Gasteiger partial charge in [0.2, 0.25) is 0 Å². The molecule has 0 saturated heterocycles. The van der Waals surface area contributed by atoms with Crippen molar-refractivity contribution in [3.63, 3.8) is 0 Å². The lowest BCUT2D eigenvalue weighted by Gasteiger charge is -2.15. The van der Waals surface area contributed by atoms with Crippen LogP contribution in [0.3, 0.4) is 0 Å². The first-order valence-corrected chi connectivity index (χ1v) is 9.86. The van der Waals surface area contributed by atoms with E-state index in [1.165, 1.54) is 10.6 Å². The first-order chi connectivity index (χ1) is 10.0. The van der Waals surface area contributed by atoms with Gasteiger partial charge in [0.05, 0.1) is 25.7 Å². The van der Waals surface area contributed by atoms with E-state index >= 15 is 0 Å². The zero-order chi connectivity index (χ0) is 15.6. The van der Waals surface area contributed by atoms with Crippen molar-refractivity contribution in [2.24, 2.45) is 5.84 Å². The van der Waals surface area contributed by atoms with Crippen molar-refractivity contribution in [3.8, 4) is 0 Å². The number of nitrogens with two attached hydrogens (primary N) is 1. The molecule has 0 aromatic carbocycles. The maximum absolute atomic E-state index is 5.77. The number of halogens is 3. The molecule has 2 heterocycles. The predicted octanol–water partition coefficient (Wildman–Crippen LogP) is 4.56. The second-order valence-corrected chi connectivity index (χ2v) is 8.62. The van der Waals surface area contributed by atoms with Crippen LogP contribution >= 0.6 is 59.1 Å². The Kier molecular flexibility index (Phi) is 6.46. The van der Waals surface area contributed by atoms with Crippen molar-refractivity contribution >= 4 is 59.1 Å². The molecule has 0 amide bonds. The summed E-state index contributed by atoms with van der Waals surface area (Å²) in [5, 5.41) is 4.64. The Morgan fingerprint density at radius 1 is 1.38 bits per heavy atom. The Labute approximate surface area is 153 Å². The Morgan fingerprint density at radius 3 is 2.57 bits per heavy atom. The van der Waals surface area contributed by atoms with Gasteiger partial charge in [0.1, 0.15) is 0 Å². The van der Waals surface area contributed by atoms with E-state index in [2.05, 4.69) is 78.2 Å². The van der Waals surface area contributed by atoms with Gasteiger partial charge in [-0.1, -0.05) is 6.92 Å². The molecular formula is C13H17Br3N4S. The highest BCUT2D eigenvalue weighted by molar-refractivity contribution is 9.13. The van der Waals surface area contributed by atoms with Gasteiger partial charge in [-0.05, 0) is 67.2 Å². The van der Waals surface area contributed by atoms with Crippen LogP contribution in [0.5, 0.6) is 0 Å². The van der Waals surface area contributed by atoms with Crippen LogP contribution in [-0.2, 0) is 19.4 Å². The maximum atomic E-state index is 5.77. The highest BCUT2D eigenvalue weighted by Gasteiger charge is 2.21. The van der Waals surface area contributed by atoms with Gasteiger partial charge in [0.25, 0.3) is 0 Å². The van der Waals surface area contributed by atoms with Crippen molar-refractivity contribution in [2.75, 3.05) is 0 Å². The molecular weight excluding hydrogens is 484 g/mol. The number of nitrogens with zero attached hydrogens (tertiary/aromatic N) is 2. The summed E-state index contributed by atoms with van der Waals surface area (Å²) in [6.07, 6.45) is 1.70. The van der Waals surface area contributed by atoms with Crippen molar-refractivity contribution in [3.05, 3.63) is 35.1 Å². The van der Waals surface area contributed by atoms with Crippen LogP contribution in [0.15, 0.2) is 18.8 Å². The highest BCUT2D eigenvalue weighted by atomic mass is 79.9. The molecule has 1 unspecified atom stereocenters. The Morgan fingerprint density at radius 2 is 2.10 bits per heavy atom. The molecule has 2 rings (SSSR count). The molecule has 0 spiro atoms. The van der Waals surface area contributed by atoms with E-state index in [-0.39, 0.29) is 6.04 Å². The van der Waals surface area contributed by atoms with E-state index in [9.17, 15) is 0 Å². The van der Waals surface area contributed by atoms with Crippen LogP contribution in [0.1, 0.15) is 36.2 Å². The summed E-state index contributed by atoms with van der Waals surface area (Å²) in [6, 6.07) is 2.15. The van der Waals surface area contributed by atoms with E-state index in [4.69, 9.17) is 5.84 Å². The molecule has 0 bridgehead atoms. The van der Waals surface area contributed by atoms with Gasteiger partial charge in [0.15, 0.2) is 0 Å². The van der Waals surface area contributed by atoms with Crippen LogP contribution in [0.25, 0.3) is 0 Å². The fraction of sp³-hybridized carbons (Fsp3) is 0.462. The topological polar surface area (TPSA) is 55.9 Å². The average molecular weight is 501 g/mol. The molecule has 0 aliphatic carbocycles. The summed E-state index contributed by atoms with van der Waals surface area (Å²) in [4.78, 5) is 1.19. The van der Waals surface area contributed by atoms with Crippen molar-refractivity contribution in [1.82, 2.24) is 15.2 Å². The summed E-state index contributed by atoms with van der Waals surface area (Å²) in [6.45, 7) is 5.07. The molecule has 4 nitrogen and oxygen atoms in total. The Bertz CT molecular complexity index is 604. The van der Waals surface area contributed by atoms with Gasteiger partial charge in [-0.25, -0.2) is 0 Å². The highest BCUT2D eigenvalue weighted by Crippen LogP contribution is 2.37. The van der Waals surface area contributed by atoms with Gasteiger partial charge in [-0.15, -0.1) is 11.3 Å². The molecule has 0 aliphatic heterocycles. The third kappa shape index (κ3) is 3.79. The van der Waals surface area contributed by atoms with Crippen LogP contribution in [-0.4, -0.2) is 9.78 Å². The Balaban J connectivity index is 2.32. The van der Waals surface area contributed by atoms with Gasteiger partial charge in [-0.2, -0.15) is 5.10 Å². The first kappa shape index (κ1) is 17.6. The van der Waals surface area contributed by atoms with E-state index in [0.29, 0.717) is 0 Å². The maximum Gasteiger partial charge on any atom is 0.0843 e. The summed E-state index contributed by atoms with van der Waals surface area (Å²) in [5.41, 5.74) is 5.19. The number of thiophene rings is 1. The third-order valence-electron chi connectivity index (χ3n) is 3.30. The summed E-state index contributed by atoms with van der Waals surface area (Å²) in [5.74, 6) is 5.77. The van der Waals surface area contributed by atoms with E-state index in [1.807, 2.05) is 4.68 Å². The van der Waals surface area contributed by atoms with Crippen LogP contribution in [0.2, 0.25) is 0 Å². The summed E-state index contributed by atoms with van der Waals surface area (Å²) < 4.78 is 5.28. The third-order valence-corrected chi connectivity index (χ3v) is 7.59. The van der Waals surface area contributed by atoms with Gasteiger partial charge >= 0.3 is 0 Å². The minimum Gasteiger partial charge on any atom is -0.271 e. The first-order valence-electron chi connectivity index (χ1n) is 6.66. The lowest BCUT2D eigenvalue weighted by Crippen LogP contribution is -2.29. The van der Waals surface area contributed by atoms with Crippen LogP contribution in [0, 0.1) is 0 Å². The van der Waals surface area contributed by atoms with Crippen molar-refractivity contribution in [1.29, 1.82) is 0 Å². The number of rotatable bonds is 6. The molecule has 2 aromatic heterocycles. The van der Waals surface area contributed by atoms with Gasteiger partial charge in [-0.3, -0.25) is 16.0 Å². The lowest BCUT2D eigenvalue weighted by molar-refractivity contribution is 0.521. The largest absolute Gasteiger partial charge is 0.271 e. The molecule has 1 atom stereocenters. The lowest BCUT2D eigenvalue weighted by atomic mass is 10.1. The Hall–Kier alpha value is 0.270. The van der Waals surface area contributed by atoms with Crippen molar-refractivity contribution in [2.45, 2.75) is 39.3 Å². The average Bonchev–Trinajstić information content (AvgIpc) is 2.96. The fourth-order valence-electron chi connectivity index (χ4n) is 2.18. The minimum atomic E-state index is 0.0561. The SMILES string of the molecule is CCc1nn(CC)c(CC(NN)c2cc(Br)c(Br)s2)c1Br. The molecule has 3 N–H and O–H groups in total. The molecule has 116 valence electrons. The normalized spacial score (nSPS) is 12.9. The van der Waals surface area contributed by atoms with Crippen LogP contribution < -0.4 is 11.3 Å². The fourth-order valence-corrected chi connectivity index (χ4v) is 5.06. The number of nitrogens with one attached hydrogen (secondary N) is 1. The number of aryl methyl sites for hydroxylation is 2. The quantitative estimate of drug-likeness (QED) is 0.451. The number of aromatic nitrogens is 2. The zero-order valence-electron chi connectivity index (χ0n) is 11.8. The van der Waals surface area contributed by atoms with Crippen molar-refractivity contribution < 1.29 is 0 Å². The summed E-state index contributed by atoms with van der Waals surface area (Å²) in [7, 11) is 0. The van der Waals surface area contributed by atoms with Gasteiger partial charge in [0, 0.05) is 22.3 Å². The second-order valence-electron chi connectivity index (χ2n) is 4.57. The smallest absolute Gasteiger partial charge is 0.0843 e. The molecule has 2 aromatic rings. The number of hydrogen-bond acceptors (Lipinski definition) is 4. The molecule has 0 aliphatic rings. The van der Waals surface area contributed by atoms with E-state index in [0.717, 1.165) is 37.8 Å². The number of hydrazine groups is 1. The second kappa shape index (κ2) is 7.70. The standard InChI is InChI=1S/C13H17Br3N4S/c1-3-8-12(15)10(20(4-2)19-8)6-9(18-17)11-5-7(14)13(16)21-11/h5,9,18H,3-4,6,17H2,1-2H3. The molecule has 21 heavy (non-hydrogen) atoms. The zero-order valence-corrected chi connectivity index (χ0v) is 17.4. The van der Waals surface area contributed by atoms with E-state index < -0.39 is 0 Å².